The molecule has 6 heteroatoms. The number of carbonyl (C=O) groups is 1. The number of aliphatic hydroxyl groups is 1. The van der Waals surface area contributed by atoms with Crippen LogP contribution in [0.25, 0.3) is 33.3 Å². The summed E-state index contributed by atoms with van der Waals surface area (Å²) >= 11 is 0. The molecule has 0 aliphatic carbocycles. The number of nitrogens with zero attached hydrogens (tertiary/aromatic N) is 2. The van der Waals surface area contributed by atoms with Crippen molar-refractivity contribution in [2.45, 2.75) is 0 Å². The number of fused-ring (bicyclic) bond motifs is 1. The fraction of sp³-hybridized carbons (Fsp3) is 0.125. The van der Waals surface area contributed by atoms with Gasteiger partial charge in [-0.2, -0.15) is 0 Å². The van der Waals surface area contributed by atoms with Gasteiger partial charge in [0.2, 0.25) is 0 Å². The van der Waals surface area contributed by atoms with Gasteiger partial charge in [-0.05, 0) is 35.4 Å². The summed E-state index contributed by atoms with van der Waals surface area (Å²) in [7, 11) is 1.37. The number of pyridine rings is 2. The van der Waals surface area contributed by atoms with Crippen LogP contribution in [0.1, 0.15) is 10.4 Å². The minimum atomic E-state index is -0.414. The summed E-state index contributed by atoms with van der Waals surface area (Å²) in [4.78, 5) is 21.0. The predicted octanol–water partition coefficient (Wildman–Crippen LogP) is 4.15. The third kappa shape index (κ3) is 3.99. The second-order valence-electron chi connectivity index (χ2n) is 6.74. The highest BCUT2D eigenvalue weighted by Gasteiger charge is 2.14. The Hall–Kier alpha value is -3.77. The smallest absolute Gasteiger partial charge is 0.338 e. The first kappa shape index (κ1) is 19.5. The van der Waals surface area contributed by atoms with Crippen molar-refractivity contribution in [3.8, 4) is 22.4 Å². The van der Waals surface area contributed by atoms with E-state index in [-0.39, 0.29) is 6.61 Å². The molecule has 4 rings (SSSR count). The minimum absolute atomic E-state index is 0.0974. The third-order valence-corrected chi connectivity index (χ3v) is 4.86. The highest BCUT2D eigenvalue weighted by atomic mass is 16.5. The summed E-state index contributed by atoms with van der Waals surface area (Å²) in [6.45, 7) is 0.622. The molecule has 0 spiro atoms. The Morgan fingerprint density at radius 3 is 2.33 bits per heavy atom. The molecule has 0 bridgehead atoms. The molecular formula is C24H21N3O3. The van der Waals surface area contributed by atoms with E-state index in [1.165, 1.54) is 7.11 Å². The molecule has 6 nitrogen and oxygen atoms in total. The molecule has 2 heterocycles. The first-order valence-electron chi connectivity index (χ1n) is 9.58. The lowest BCUT2D eigenvalue weighted by molar-refractivity contribution is 0.0603. The molecule has 0 saturated heterocycles. The van der Waals surface area contributed by atoms with Gasteiger partial charge in [0.25, 0.3) is 0 Å². The number of methoxy groups -OCH3 is 1. The summed E-state index contributed by atoms with van der Waals surface area (Å²) in [5, 5.41) is 12.7. The average molecular weight is 399 g/mol. The Balaban J connectivity index is 1.66. The van der Waals surface area contributed by atoms with E-state index in [4.69, 9.17) is 9.84 Å². The Bertz CT molecular complexity index is 1170. The Kier molecular flexibility index (Phi) is 5.68. The number of aliphatic hydroxyl groups excluding tert-OH is 1. The molecule has 0 unspecified atom stereocenters. The predicted molar refractivity (Wildman–Crippen MR) is 117 cm³/mol. The Morgan fingerprint density at radius 1 is 1.00 bits per heavy atom. The van der Waals surface area contributed by atoms with E-state index in [2.05, 4.69) is 15.3 Å². The quantitative estimate of drug-likeness (QED) is 0.474. The van der Waals surface area contributed by atoms with Crippen molar-refractivity contribution in [1.29, 1.82) is 0 Å². The van der Waals surface area contributed by atoms with Gasteiger partial charge in [-0.1, -0.05) is 36.4 Å². The van der Waals surface area contributed by atoms with Crippen LogP contribution in [0, 0.1) is 0 Å². The fourth-order valence-electron chi connectivity index (χ4n) is 3.31. The van der Waals surface area contributed by atoms with Gasteiger partial charge in [0, 0.05) is 35.6 Å². The topological polar surface area (TPSA) is 84.3 Å². The molecule has 0 saturated carbocycles. The maximum absolute atomic E-state index is 12.2. The van der Waals surface area contributed by atoms with Crippen LogP contribution in [0.4, 0.5) is 5.69 Å². The fourth-order valence-corrected chi connectivity index (χ4v) is 3.31. The molecule has 0 amide bonds. The average Bonchev–Trinajstić information content (AvgIpc) is 2.82. The standard InChI is InChI=1S/C24H21N3O3/c1-30-24(29)20-14-23(27-22-10-11-25-15-21(20)22)18-4-2-16(3-5-18)17-6-8-19(9-7-17)26-12-13-28/h2-11,14-15,26,28H,12-13H2,1H3. The van der Waals surface area contributed by atoms with Gasteiger partial charge >= 0.3 is 5.97 Å². The molecule has 30 heavy (non-hydrogen) atoms. The van der Waals surface area contributed by atoms with Crippen molar-refractivity contribution in [1.82, 2.24) is 9.97 Å². The number of ether oxygens (including phenoxy) is 1. The highest BCUT2D eigenvalue weighted by molar-refractivity contribution is 6.04. The van der Waals surface area contributed by atoms with Gasteiger partial charge in [-0.25, -0.2) is 9.78 Å². The molecule has 0 radical (unpaired) electrons. The van der Waals surface area contributed by atoms with E-state index in [0.29, 0.717) is 28.7 Å². The maximum Gasteiger partial charge on any atom is 0.338 e. The lowest BCUT2D eigenvalue weighted by Crippen LogP contribution is -2.04. The number of aromatic nitrogens is 2. The van der Waals surface area contributed by atoms with Gasteiger partial charge in [0.05, 0.1) is 30.5 Å². The summed E-state index contributed by atoms with van der Waals surface area (Å²) in [6.07, 6.45) is 3.28. The van der Waals surface area contributed by atoms with Crippen molar-refractivity contribution in [3.63, 3.8) is 0 Å². The van der Waals surface area contributed by atoms with Crippen molar-refractivity contribution < 1.29 is 14.6 Å². The highest BCUT2D eigenvalue weighted by Crippen LogP contribution is 2.28. The van der Waals surface area contributed by atoms with Crippen LogP contribution >= 0.6 is 0 Å². The van der Waals surface area contributed by atoms with Crippen LogP contribution in [0.3, 0.4) is 0 Å². The second kappa shape index (κ2) is 8.71. The summed E-state index contributed by atoms with van der Waals surface area (Å²) in [6, 6.07) is 19.6. The van der Waals surface area contributed by atoms with Crippen molar-refractivity contribution >= 4 is 22.6 Å². The van der Waals surface area contributed by atoms with Crippen molar-refractivity contribution in [3.05, 3.63) is 78.6 Å². The van der Waals surface area contributed by atoms with Crippen LogP contribution in [-0.2, 0) is 4.74 Å². The zero-order chi connectivity index (χ0) is 20.9. The minimum Gasteiger partial charge on any atom is -0.465 e. The third-order valence-electron chi connectivity index (χ3n) is 4.86. The van der Waals surface area contributed by atoms with E-state index in [1.54, 1.807) is 24.5 Å². The number of nitrogens with one attached hydrogen (secondary N) is 1. The number of hydrogen-bond donors (Lipinski definition) is 2. The zero-order valence-electron chi connectivity index (χ0n) is 16.5. The molecule has 150 valence electrons. The van der Waals surface area contributed by atoms with Crippen LogP contribution in [0.5, 0.6) is 0 Å². The van der Waals surface area contributed by atoms with Crippen LogP contribution in [0.2, 0.25) is 0 Å². The first-order valence-corrected chi connectivity index (χ1v) is 9.58. The van der Waals surface area contributed by atoms with Crippen LogP contribution in [-0.4, -0.2) is 41.3 Å². The lowest BCUT2D eigenvalue weighted by Gasteiger charge is -2.09. The largest absolute Gasteiger partial charge is 0.465 e. The van der Waals surface area contributed by atoms with E-state index >= 15 is 0 Å². The van der Waals surface area contributed by atoms with Crippen molar-refractivity contribution in [2.75, 3.05) is 25.6 Å². The molecule has 2 aromatic heterocycles. The molecule has 0 fully saturated rings. The molecule has 0 aliphatic heterocycles. The van der Waals surface area contributed by atoms with Gasteiger partial charge in [-0.3, -0.25) is 4.98 Å². The Labute approximate surface area is 174 Å². The monoisotopic (exact) mass is 399 g/mol. The van der Waals surface area contributed by atoms with E-state index in [1.807, 2.05) is 48.5 Å². The number of rotatable bonds is 6. The summed E-state index contributed by atoms with van der Waals surface area (Å²) < 4.78 is 4.93. The van der Waals surface area contributed by atoms with Gasteiger partial charge in [-0.15, -0.1) is 0 Å². The van der Waals surface area contributed by atoms with E-state index in [0.717, 1.165) is 22.4 Å². The lowest BCUT2D eigenvalue weighted by atomic mass is 10.0. The molecule has 2 aromatic carbocycles. The van der Waals surface area contributed by atoms with Gasteiger partial charge < -0.3 is 15.2 Å². The molecular weight excluding hydrogens is 378 g/mol. The maximum atomic E-state index is 12.2. The summed E-state index contributed by atoms with van der Waals surface area (Å²) in [5.74, 6) is -0.414. The van der Waals surface area contributed by atoms with Crippen LogP contribution < -0.4 is 5.32 Å². The number of benzene rings is 2. The normalized spacial score (nSPS) is 10.7. The molecule has 0 atom stereocenters. The zero-order valence-corrected chi connectivity index (χ0v) is 16.5. The molecule has 4 aromatic rings. The summed E-state index contributed by atoms with van der Waals surface area (Å²) in [5.41, 5.74) is 5.87. The number of carbonyl (C=O) groups excluding carboxylic acids is 1. The first-order chi connectivity index (χ1) is 14.7. The van der Waals surface area contributed by atoms with Crippen LogP contribution in [0.15, 0.2) is 73.1 Å². The second-order valence-corrected chi connectivity index (χ2v) is 6.74. The van der Waals surface area contributed by atoms with Gasteiger partial charge in [0.15, 0.2) is 0 Å². The number of hydrogen-bond acceptors (Lipinski definition) is 6. The molecule has 2 N–H and O–H groups in total. The van der Waals surface area contributed by atoms with E-state index in [9.17, 15) is 4.79 Å². The van der Waals surface area contributed by atoms with E-state index < -0.39 is 5.97 Å². The number of anilines is 1. The van der Waals surface area contributed by atoms with Gasteiger partial charge in [0.1, 0.15) is 0 Å². The Morgan fingerprint density at radius 2 is 1.67 bits per heavy atom. The SMILES string of the molecule is COC(=O)c1cc(-c2ccc(-c3ccc(NCCO)cc3)cc2)nc2ccncc12. The molecule has 0 aliphatic rings. The number of esters is 1. The van der Waals surface area contributed by atoms with Crippen molar-refractivity contribution in [2.24, 2.45) is 0 Å².